The van der Waals surface area contributed by atoms with Crippen LogP contribution < -0.4 is 5.32 Å². The van der Waals surface area contributed by atoms with Gasteiger partial charge in [-0.1, -0.05) is 45.0 Å². The quantitative estimate of drug-likeness (QED) is 0.827. The second-order valence-electron chi connectivity index (χ2n) is 5.37. The number of carbonyl (C=O) groups excluding carboxylic acids is 1. The molecule has 1 N–H and O–H groups in total. The maximum atomic E-state index is 12.7. The van der Waals surface area contributed by atoms with Crippen molar-refractivity contribution in [2.75, 3.05) is 5.32 Å². The van der Waals surface area contributed by atoms with E-state index < -0.39 is 23.1 Å². The molecule has 0 saturated carbocycles. The van der Waals surface area contributed by atoms with E-state index in [1.165, 1.54) is 18.2 Å². The molecule has 1 aromatic carbocycles. The van der Waals surface area contributed by atoms with Crippen LogP contribution >= 0.6 is 11.6 Å². The lowest BCUT2D eigenvalue weighted by molar-refractivity contribution is -0.123. The first kappa shape index (κ1) is 16.6. The molecule has 0 aliphatic carbocycles. The number of nitrogens with one attached hydrogen (secondary N) is 1. The predicted octanol–water partition coefficient (Wildman–Crippen LogP) is 4.90. The summed E-state index contributed by atoms with van der Waals surface area (Å²) >= 11 is 5.77. The van der Waals surface area contributed by atoms with Crippen LogP contribution in [0.4, 0.5) is 18.9 Å². The van der Waals surface area contributed by atoms with Gasteiger partial charge in [-0.2, -0.15) is 13.2 Å². The fourth-order valence-electron chi connectivity index (χ4n) is 1.35. The third-order valence-electron chi connectivity index (χ3n) is 2.58. The van der Waals surface area contributed by atoms with E-state index >= 15 is 0 Å². The standard InChI is InChI=1S/C14H15ClF3NO/c1-8(14(16,17)18)10-6-5-9(15)7-11(10)19-12(20)13(2,3)4/h5-7H,1H2,2-4H3,(H,19,20). The monoisotopic (exact) mass is 305 g/mol. The minimum absolute atomic E-state index is 0.000231. The molecule has 0 saturated heterocycles. The van der Waals surface area contributed by atoms with Gasteiger partial charge in [0.1, 0.15) is 0 Å². The summed E-state index contributed by atoms with van der Waals surface area (Å²) in [5, 5.41) is 2.69. The summed E-state index contributed by atoms with van der Waals surface area (Å²) in [6, 6.07) is 3.79. The van der Waals surface area contributed by atoms with Crippen molar-refractivity contribution < 1.29 is 18.0 Å². The molecule has 0 aromatic heterocycles. The van der Waals surface area contributed by atoms with Crippen molar-refractivity contribution in [3.8, 4) is 0 Å². The predicted molar refractivity (Wildman–Crippen MR) is 74.6 cm³/mol. The summed E-state index contributed by atoms with van der Waals surface area (Å²) in [5.41, 5.74) is -1.96. The molecule has 110 valence electrons. The summed E-state index contributed by atoms with van der Waals surface area (Å²) in [7, 11) is 0. The normalized spacial score (nSPS) is 12.2. The molecule has 0 spiro atoms. The topological polar surface area (TPSA) is 29.1 Å². The largest absolute Gasteiger partial charge is 0.416 e. The Balaban J connectivity index is 3.22. The fraction of sp³-hybridized carbons (Fsp3) is 0.357. The molecule has 0 atom stereocenters. The number of carbonyl (C=O) groups is 1. The molecular weight excluding hydrogens is 291 g/mol. The maximum Gasteiger partial charge on any atom is 0.416 e. The minimum Gasteiger partial charge on any atom is -0.325 e. The molecular formula is C14H15ClF3NO. The van der Waals surface area contributed by atoms with Gasteiger partial charge in [-0.05, 0) is 12.1 Å². The van der Waals surface area contributed by atoms with Gasteiger partial charge in [0.15, 0.2) is 0 Å². The number of halogens is 4. The molecule has 0 bridgehead atoms. The van der Waals surface area contributed by atoms with Gasteiger partial charge < -0.3 is 5.32 Å². The van der Waals surface area contributed by atoms with Crippen LogP contribution in [0.5, 0.6) is 0 Å². The number of hydrogen-bond acceptors (Lipinski definition) is 1. The SMILES string of the molecule is C=C(c1ccc(Cl)cc1NC(=O)C(C)(C)C)C(F)(F)F. The third kappa shape index (κ3) is 4.00. The van der Waals surface area contributed by atoms with E-state index in [1.807, 2.05) is 0 Å². The van der Waals surface area contributed by atoms with Crippen LogP contribution in [-0.4, -0.2) is 12.1 Å². The van der Waals surface area contributed by atoms with Crippen molar-refractivity contribution in [2.45, 2.75) is 26.9 Å². The molecule has 20 heavy (non-hydrogen) atoms. The smallest absolute Gasteiger partial charge is 0.325 e. The van der Waals surface area contributed by atoms with E-state index in [4.69, 9.17) is 11.6 Å². The van der Waals surface area contributed by atoms with Crippen molar-refractivity contribution in [2.24, 2.45) is 5.41 Å². The highest BCUT2D eigenvalue weighted by molar-refractivity contribution is 6.31. The van der Waals surface area contributed by atoms with Crippen LogP contribution in [-0.2, 0) is 4.79 Å². The molecule has 1 aromatic rings. The highest BCUT2D eigenvalue weighted by atomic mass is 35.5. The van der Waals surface area contributed by atoms with Gasteiger partial charge >= 0.3 is 6.18 Å². The average Bonchev–Trinajstić information content (AvgIpc) is 2.25. The van der Waals surface area contributed by atoms with Crippen molar-refractivity contribution in [3.05, 3.63) is 35.4 Å². The Bertz CT molecular complexity index is 544. The van der Waals surface area contributed by atoms with Crippen molar-refractivity contribution in [3.63, 3.8) is 0 Å². The van der Waals surface area contributed by atoms with Crippen LogP contribution in [0.3, 0.4) is 0 Å². The summed E-state index contributed by atoms with van der Waals surface area (Å²) in [6.07, 6.45) is -4.57. The lowest BCUT2D eigenvalue weighted by Crippen LogP contribution is -2.28. The number of rotatable bonds is 2. The number of amides is 1. The molecule has 0 radical (unpaired) electrons. The zero-order valence-corrected chi connectivity index (χ0v) is 12.1. The molecule has 0 fully saturated rings. The fourth-order valence-corrected chi connectivity index (χ4v) is 1.52. The molecule has 1 amide bonds. The first-order valence-electron chi connectivity index (χ1n) is 5.80. The van der Waals surface area contributed by atoms with Gasteiger partial charge in [0, 0.05) is 16.0 Å². The molecule has 0 heterocycles. The molecule has 2 nitrogen and oxygen atoms in total. The highest BCUT2D eigenvalue weighted by Gasteiger charge is 2.34. The van der Waals surface area contributed by atoms with Crippen LogP contribution in [0, 0.1) is 5.41 Å². The highest BCUT2D eigenvalue weighted by Crippen LogP contribution is 2.37. The second kappa shape index (κ2) is 5.48. The van der Waals surface area contributed by atoms with E-state index in [2.05, 4.69) is 11.9 Å². The first-order valence-corrected chi connectivity index (χ1v) is 6.18. The van der Waals surface area contributed by atoms with E-state index in [9.17, 15) is 18.0 Å². The Morgan fingerprint density at radius 2 is 1.80 bits per heavy atom. The number of benzene rings is 1. The van der Waals surface area contributed by atoms with Gasteiger partial charge in [0.25, 0.3) is 0 Å². The zero-order chi connectivity index (χ0) is 15.7. The van der Waals surface area contributed by atoms with Gasteiger partial charge in [-0.15, -0.1) is 0 Å². The van der Waals surface area contributed by atoms with Crippen molar-refractivity contribution in [1.29, 1.82) is 0 Å². The number of anilines is 1. The van der Waals surface area contributed by atoms with Crippen LogP contribution in [0.1, 0.15) is 26.3 Å². The number of hydrogen-bond donors (Lipinski definition) is 1. The number of allylic oxidation sites excluding steroid dienone is 1. The van der Waals surface area contributed by atoms with E-state index in [0.717, 1.165) is 0 Å². The van der Waals surface area contributed by atoms with Gasteiger partial charge in [-0.3, -0.25) is 4.79 Å². The Morgan fingerprint density at radius 3 is 2.25 bits per heavy atom. The zero-order valence-electron chi connectivity index (χ0n) is 11.4. The van der Waals surface area contributed by atoms with Crippen molar-refractivity contribution >= 4 is 28.8 Å². The summed E-state index contributed by atoms with van der Waals surface area (Å²) in [4.78, 5) is 11.9. The summed E-state index contributed by atoms with van der Waals surface area (Å²) < 4.78 is 38.2. The van der Waals surface area contributed by atoms with Crippen molar-refractivity contribution in [1.82, 2.24) is 0 Å². The Kier molecular flexibility index (Phi) is 4.54. The maximum absolute atomic E-state index is 12.7. The molecule has 0 unspecified atom stereocenters. The third-order valence-corrected chi connectivity index (χ3v) is 2.81. The van der Waals surface area contributed by atoms with Crippen LogP contribution in [0.2, 0.25) is 5.02 Å². The van der Waals surface area contributed by atoms with Gasteiger partial charge in [0.2, 0.25) is 5.91 Å². The van der Waals surface area contributed by atoms with Crippen LogP contribution in [0.25, 0.3) is 5.57 Å². The van der Waals surface area contributed by atoms with Crippen LogP contribution in [0.15, 0.2) is 24.8 Å². The van der Waals surface area contributed by atoms with Gasteiger partial charge in [-0.25, -0.2) is 0 Å². The van der Waals surface area contributed by atoms with E-state index in [-0.39, 0.29) is 16.3 Å². The molecule has 0 aliphatic rings. The Morgan fingerprint density at radius 1 is 1.25 bits per heavy atom. The lowest BCUT2D eigenvalue weighted by atomic mass is 9.95. The van der Waals surface area contributed by atoms with E-state index in [1.54, 1.807) is 20.8 Å². The lowest BCUT2D eigenvalue weighted by Gasteiger charge is -2.21. The molecule has 1 rings (SSSR count). The molecule has 6 heteroatoms. The van der Waals surface area contributed by atoms with Gasteiger partial charge in [0.05, 0.1) is 11.3 Å². The Labute approximate surface area is 120 Å². The number of alkyl halides is 3. The molecule has 0 aliphatic heterocycles. The first-order chi connectivity index (χ1) is 8.93. The van der Waals surface area contributed by atoms with E-state index in [0.29, 0.717) is 0 Å². The average molecular weight is 306 g/mol. The Hall–Kier alpha value is -1.49. The second-order valence-corrected chi connectivity index (χ2v) is 5.81. The minimum atomic E-state index is -4.57. The summed E-state index contributed by atoms with van der Waals surface area (Å²) in [5.74, 6) is -0.406. The summed E-state index contributed by atoms with van der Waals surface area (Å²) in [6.45, 7) is 8.01.